The number of aromatic nitrogens is 1. The van der Waals surface area contributed by atoms with Crippen LogP contribution in [-0.4, -0.2) is 10.1 Å². The van der Waals surface area contributed by atoms with E-state index in [2.05, 4.69) is 20.9 Å². The fourth-order valence-corrected chi connectivity index (χ4v) is 1.95. The molecule has 17 heavy (non-hydrogen) atoms. The van der Waals surface area contributed by atoms with Crippen LogP contribution in [0.1, 0.15) is 22.9 Å². The van der Waals surface area contributed by atoms with Crippen LogP contribution in [0.15, 0.2) is 41.0 Å². The van der Waals surface area contributed by atoms with E-state index in [1.807, 2.05) is 31.2 Å². The number of aryl methyl sites for hydroxylation is 1. The molecule has 4 heteroatoms. The number of benzene rings is 1. The SMILES string of the molecule is Cc1ccc(C(O)c2ccc(Br)c(Cl)c2)cn1. The van der Waals surface area contributed by atoms with Crippen molar-refractivity contribution >= 4 is 27.5 Å². The first-order chi connectivity index (χ1) is 8.08. The molecule has 1 atom stereocenters. The Hall–Kier alpha value is -0.900. The maximum Gasteiger partial charge on any atom is 0.106 e. The quantitative estimate of drug-likeness (QED) is 0.912. The predicted molar refractivity (Wildman–Crippen MR) is 72.2 cm³/mol. The minimum Gasteiger partial charge on any atom is -0.384 e. The van der Waals surface area contributed by atoms with Crippen molar-refractivity contribution in [1.82, 2.24) is 4.98 Å². The average Bonchev–Trinajstić information content (AvgIpc) is 2.33. The van der Waals surface area contributed by atoms with Gasteiger partial charge in [-0.15, -0.1) is 0 Å². The van der Waals surface area contributed by atoms with Crippen molar-refractivity contribution in [1.29, 1.82) is 0 Å². The highest BCUT2D eigenvalue weighted by Gasteiger charge is 2.11. The third kappa shape index (κ3) is 2.86. The molecular weight excluding hydrogens is 302 g/mol. The van der Waals surface area contributed by atoms with Crippen molar-refractivity contribution in [3.8, 4) is 0 Å². The molecule has 0 aliphatic rings. The number of pyridine rings is 1. The number of rotatable bonds is 2. The summed E-state index contributed by atoms with van der Waals surface area (Å²) in [6, 6.07) is 9.14. The second-order valence-corrected chi connectivity index (χ2v) is 5.07. The van der Waals surface area contributed by atoms with Gasteiger partial charge in [-0.3, -0.25) is 4.98 Å². The number of hydrogen-bond donors (Lipinski definition) is 1. The average molecular weight is 313 g/mol. The Balaban J connectivity index is 2.33. The Morgan fingerprint density at radius 2 is 1.94 bits per heavy atom. The summed E-state index contributed by atoms with van der Waals surface area (Å²) in [6.45, 7) is 1.91. The lowest BCUT2D eigenvalue weighted by Crippen LogP contribution is -2.00. The second kappa shape index (κ2) is 5.17. The van der Waals surface area contributed by atoms with Gasteiger partial charge >= 0.3 is 0 Å². The van der Waals surface area contributed by atoms with Crippen LogP contribution in [0.2, 0.25) is 5.02 Å². The molecule has 0 saturated heterocycles. The minimum absolute atomic E-state index is 0.585. The van der Waals surface area contributed by atoms with Crippen molar-refractivity contribution in [2.24, 2.45) is 0 Å². The van der Waals surface area contributed by atoms with Crippen LogP contribution < -0.4 is 0 Å². The largest absolute Gasteiger partial charge is 0.384 e. The molecule has 1 aromatic carbocycles. The molecule has 0 aliphatic carbocycles. The number of hydrogen-bond acceptors (Lipinski definition) is 2. The molecule has 1 heterocycles. The first-order valence-electron chi connectivity index (χ1n) is 5.13. The van der Waals surface area contributed by atoms with Gasteiger partial charge in [0.15, 0.2) is 0 Å². The van der Waals surface area contributed by atoms with E-state index in [9.17, 15) is 5.11 Å². The van der Waals surface area contributed by atoms with Gasteiger partial charge < -0.3 is 5.11 Å². The van der Waals surface area contributed by atoms with E-state index in [4.69, 9.17) is 11.6 Å². The summed E-state index contributed by atoms with van der Waals surface area (Å²) in [5.74, 6) is 0. The Labute approximate surface area is 113 Å². The molecule has 88 valence electrons. The molecule has 0 saturated carbocycles. The molecule has 0 bridgehead atoms. The number of halogens is 2. The van der Waals surface area contributed by atoms with Gasteiger partial charge in [-0.25, -0.2) is 0 Å². The van der Waals surface area contributed by atoms with Crippen molar-refractivity contribution < 1.29 is 5.11 Å². The van der Waals surface area contributed by atoms with Gasteiger partial charge in [0.05, 0.1) is 5.02 Å². The summed E-state index contributed by atoms with van der Waals surface area (Å²) in [6.07, 6.45) is 0.976. The number of nitrogens with zero attached hydrogens (tertiary/aromatic N) is 1. The first kappa shape index (κ1) is 12.6. The molecule has 0 fully saturated rings. The summed E-state index contributed by atoms with van der Waals surface area (Å²) in [7, 11) is 0. The lowest BCUT2D eigenvalue weighted by atomic mass is 10.0. The zero-order valence-electron chi connectivity index (χ0n) is 9.19. The Morgan fingerprint density at radius 1 is 1.24 bits per heavy atom. The summed E-state index contributed by atoms with van der Waals surface area (Å²) >= 11 is 9.32. The van der Waals surface area contributed by atoms with E-state index in [0.717, 1.165) is 21.3 Å². The summed E-state index contributed by atoms with van der Waals surface area (Å²) in [5.41, 5.74) is 2.44. The molecule has 1 aromatic heterocycles. The van der Waals surface area contributed by atoms with E-state index < -0.39 is 6.10 Å². The molecule has 1 N–H and O–H groups in total. The third-order valence-electron chi connectivity index (χ3n) is 2.51. The van der Waals surface area contributed by atoms with Gasteiger partial charge in [0.1, 0.15) is 6.10 Å². The molecule has 0 spiro atoms. The van der Waals surface area contributed by atoms with Gasteiger partial charge in [-0.05, 0) is 46.6 Å². The summed E-state index contributed by atoms with van der Waals surface area (Å²) < 4.78 is 0.817. The fraction of sp³-hybridized carbons (Fsp3) is 0.154. The topological polar surface area (TPSA) is 33.1 Å². The van der Waals surface area contributed by atoms with Gasteiger partial charge in [0.25, 0.3) is 0 Å². The van der Waals surface area contributed by atoms with Crippen LogP contribution in [0, 0.1) is 6.92 Å². The van der Waals surface area contributed by atoms with E-state index in [0.29, 0.717) is 5.02 Å². The highest BCUT2D eigenvalue weighted by Crippen LogP contribution is 2.28. The van der Waals surface area contributed by atoms with Gasteiger partial charge in [0, 0.05) is 21.9 Å². The molecule has 2 rings (SSSR count). The normalized spacial score (nSPS) is 12.5. The highest BCUT2D eigenvalue weighted by molar-refractivity contribution is 9.10. The summed E-state index contributed by atoms with van der Waals surface area (Å²) in [4.78, 5) is 4.16. The Bertz CT molecular complexity index is 527. The number of aliphatic hydroxyl groups excluding tert-OH is 1. The second-order valence-electron chi connectivity index (χ2n) is 3.81. The molecular formula is C13H11BrClNO. The van der Waals surface area contributed by atoms with Gasteiger partial charge in [-0.1, -0.05) is 23.7 Å². The Morgan fingerprint density at radius 3 is 2.53 bits per heavy atom. The smallest absolute Gasteiger partial charge is 0.106 e. The van der Waals surface area contributed by atoms with E-state index in [-0.39, 0.29) is 0 Å². The first-order valence-corrected chi connectivity index (χ1v) is 6.30. The summed E-state index contributed by atoms with van der Waals surface area (Å²) in [5, 5.41) is 10.8. The van der Waals surface area contributed by atoms with Crippen LogP contribution in [0.4, 0.5) is 0 Å². The van der Waals surface area contributed by atoms with E-state index in [1.54, 1.807) is 12.3 Å². The maximum atomic E-state index is 10.2. The fourth-order valence-electron chi connectivity index (χ4n) is 1.52. The Kier molecular flexibility index (Phi) is 3.82. The minimum atomic E-state index is -0.700. The molecule has 0 radical (unpaired) electrons. The van der Waals surface area contributed by atoms with Crippen LogP contribution in [0.25, 0.3) is 0 Å². The van der Waals surface area contributed by atoms with Crippen LogP contribution in [0.5, 0.6) is 0 Å². The van der Waals surface area contributed by atoms with Crippen molar-refractivity contribution in [2.45, 2.75) is 13.0 Å². The lowest BCUT2D eigenvalue weighted by Gasteiger charge is -2.12. The third-order valence-corrected chi connectivity index (χ3v) is 3.74. The molecule has 1 unspecified atom stereocenters. The van der Waals surface area contributed by atoms with Crippen LogP contribution in [-0.2, 0) is 0 Å². The van der Waals surface area contributed by atoms with E-state index >= 15 is 0 Å². The zero-order chi connectivity index (χ0) is 12.4. The molecule has 2 aromatic rings. The van der Waals surface area contributed by atoms with Crippen molar-refractivity contribution in [3.63, 3.8) is 0 Å². The monoisotopic (exact) mass is 311 g/mol. The number of aliphatic hydroxyl groups is 1. The van der Waals surface area contributed by atoms with Gasteiger partial charge in [-0.2, -0.15) is 0 Å². The zero-order valence-corrected chi connectivity index (χ0v) is 11.5. The van der Waals surface area contributed by atoms with E-state index in [1.165, 1.54) is 0 Å². The van der Waals surface area contributed by atoms with Crippen molar-refractivity contribution in [3.05, 3.63) is 62.8 Å². The molecule has 2 nitrogen and oxygen atoms in total. The van der Waals surface area contributed by atoms with Crippen molar-refractivity contribution in [2.75, 3.05) is 0 Å². The van der Waals surface area contributed by atoms with Crippen LogP contribution >= 0.6 is 27.5 Å². The highest BCUT2D eigenvalue weighted by atomic mass is 79.9. The van der Waals surface area contributed by atoms with Crippen LogP contribution in [0.3, 0.4) is 0 Å². The van der Waals surface area contributed by atoms with Gasteiger partial charge in [0.2, 0.25) is 0 Å². The maximum absolute atomic E-state index is 10.2. The standard InChI is InChI=1S/C13H11BrClNO/c1-8-2-3-10(7-16-8)13(17)9-4-5-11(14)12(15)6-9/h2-7,13,17H,1H3. The predicted octanol–water partition coefficient (Wildman–Crippen LogP) is 3.89. The lowest BCUT2D eigenvalue weighted by molar-refractivity contribution is 0.220. The molecule has 0 amide bonds. The molecule has 0 aliphatic heterocycles.